The number of aromatic nitrogens is 2. The van der Waals surface area contributed by atoms with E-state index in [1.807, 2.05) is 32.1 Å². The topological polar surface area (TPSA) is 35.8 Å². The molecule has 0 atom stereocenters. The summed E-state index contributed by atoms with van der Waals surface area (Å²) < 4.78 is 14.4. The van der Waals surface area contributed by atoms with Gasteiger partial charge in [0, 0.05) is 10.8 Å². The van der Waals surface area contributed by atoms with Crippen LogP contribution in [0.15, 0.2) is 80.9 Å². The van der Waals surface area contributed by atoms with Gasteiger partial charge in [0.15, 0.2) is 0 Å². The molecule has 36 heavy (non-hydrogen) atoms. The van der Waals surface area contributed by atoms with E-state index < -0.39 is 0 Å². The Morgan fingerprint density at radius 1 is 0.889 bits per heavy atom. The Morgan fingerprint density at radius 2 is 1.56 bits per heavy atom. The van der Waals surface area contributed by atoms with Gasteiger partial charge in [-0.3, -0.25) is 4.40 Å². The highest BCUT2D eigenvalue weighted by Crippen LogP contribution is 2.34. The molecule has 3 heterocycles. The number of hydrogen-bond acceptors (Lipinski definition) is 3. The number of fused-ring (bicyclic) bond motifs is 8. The third kappa shape index (κ3) is 4.15. The first-order valence-corrected chi connectivity index (χ1v) is 12.3. The number of imidazole rings is 1. The summed E-state index contributed by atoms with van der Waals surface area (Å²) in [5.74, 6) is 0. The van der Waals surface area contributed by atoms with Gasteiger partial charge in [-0.2, -0.15) is 0 Å². The van der Waals surface area contributed by atoms with Gasteiger partial charge in [-0.05, 0) is 66.2 Å². The molecule has 1 aliphatic heterocycles. The summed E-state index contributed by atoms with van der Waals surface area (Å²) >= 11 is 0. The number of rotatable bonds is 3. The Bertz CT molecular complexity index is 1600. The van der Waals surface area contributed by atoms with Crippen LogP contribution in [0.3, 0.4) is 0 Å². The third-order valence-electron chi connectivity index (χ3n) is 6.30. The molecule has 0 spiro atoms. The zero-order valence-electron chi connectivity index (χ0n) is 21.7. The van der Waals surface area contributed by atoms with Crippen molar-refractivity contribution in [3.63, 3.8) is 0 Å². The second kappa shape index (κ2) is 10.1. The smallest absolute Gasteiger partial charge is 0.404 e. The molecule has 0 saturated carbocycles. The maximum Gasteiger partial charge on any atom is 0.494 e. The van der Waals surface area contributed by atoms with Gasteiger partial charge in [0.1, 0.15) is 5.65 Å². The second-order valence-electron chi connectivity index (χ2n) is 8.99. The van der Waals surface area contributed by atoms with Crippen molar-refractivity contribution in [2.24, 2.45) is 0 Å². The lowest BCUT2D eigenvalue weighted by Gasteiger charge is -2.16. The molecular weight excluding hydrogens is 443 g/mol. The Hall–Kier alpha value is -3.67. The molecular formula is C31H33BN2O2. The van der Waals surface area contributed by atoms with E-state index in [2.05, 4.69) is 93.1 Å². The van der Waals surface area contributed by atoms with Crippen molar-refractivity contribution in [2.75, 3.05) is 6.61 Å². The molecule has 0 unspecified atom stereocenters. The lowest BCUT2D eigenvalue weighted by Crippen LogP contribution is -2.34. The molecule has 4 nitrogen and oxygen atoms in total. The Balaban J connectivity index is 0.000000726. The lowest BCUT2D eigenvalue weighted by molar-refractivity contribution is 0.137. The average Bonchev–Trinajstić information content (AvgIpc) is 3.50. The fraction of sp³-hybridized carbons (Fsp3) is 0.194. The number of hydrogen-bond donors (Lipinski definition) is 0. The van der Waals surface area contributed by atoms with E-state index in [9.17, 15) is 0 Å². The first kappa shape index (κ1) is 25.4. The highest BCUT2D eigenvalue weighted by atomic mass is 16.7. The minimum atomic E-state index is -0.373. The van der Waals surface area contributed by atoms with Crippen LogP contribution in [0.5, 0.6) is 0 Å². The normalized spacial score (nSPS) is 14.4. The van der Waals surface area contributed by atoms with E-state index in [4.69, 9.17) is 14.3 Å². The molecule has 0 bridgehead atoms. The van der Waals surface area contributed by atoms with Gasteiger partial charge in [0.2, 0.25) is 0 Å². The van der Waals surface area contributed by atoms with Crippen molar-refractivity contribution in [1.29, 1.82) is 0 Å². The van der Waals surface area contributed by atoms with Gasteiger partial charge in [-0.1, -0.05) is 63.4 Å². The Labute approximate surface area is 213 Å². The van der Waals surface area contributed by atoms with Gasteiger partial charge in [0.25, 0.3) is 0 Å². The zero-order valence-corrected chi connectivity index (χ0v) is 21.7. The van der Waals surface area contributed by atoms with Crippen molar-refractivity contribution in [2.45, 2.75) is 33.3 Å². The zero-order chi connectivity index (χ0) is 26.0. The van der Waals surface area contributed by atoms with E-state index in [0.717, 1.165) is 54.9 Å². The van der Waals surface area contributed by atoms with Crippen LogP contribution < -0.4 is 5.46 Å². The summed E-state index contributed by atoms with van der Waals surface area (Å²) in [6.07, 6.45) is 3.75. The van der Waals surface area contributed by atoms with Gasteiger partial charge >= 0.3 is 7.12 Å². The van der Waals surface area contributed by atoms with E-state index >= 15 is 0 Å². The monoisotopic (exact) mass is 476 g/mol. The third-order valence-corrected chi connectivity index (χ3v) is 6.30. The van der Waals surface area contributed by atoms with Crippen LogP contribution >= 0.6 is 0 Å². The van der Waals surface area contributed by atoms with Crippen molar-refractivity contribution in [3.05, 3.63) is 92.0 Å². The summed E-state index contributed by atoms with van der Waals surface area (Å²) in [6.45, 7) is 22.7. The van der Waals surface area contributed by atoms with Gasteiger partial charge in [0.05, 0.1) is 28.8 Å². The fourth-order valence-corrected chi connectivity index (χ4v) is 4.75. The molecule has 0 amide bonds. The maximum absolute atomic E-state index is 6.15. The SMILES string of the molecule is C=C.C=Cc1cc2c3ccc(B4OCC(C)(C)O4)cc3n3c4ccccc4nc3c2cc1C=C.CC. The molecule has 3 aromatic carbocycles. The van der Waals surface area contributed by atoms with E-state index in [-0.39, 0.29) is 12.7 Å². The predicted molar refractivity (Wildman–Crippen MR) is 157 cm³/mol. The Morgan fingerprint density at radius 3 is 2.19 bits per heavy atom. The van der Waals surface area contributed by atoms with E-state index in [1.165, 1.54) is 0 Å². The van der Waals surface area contributed by atoms with Gasteiger partial charge in [-0.25, -0.2) is 4.98 Å². The molecule has 5 heteroatoms. The molecule has 5 aromatic rings. The molecule has 6 rings (SSSR count). The lowest BCUT2D eigenvalue weighted by atomic mass is 9.78. The van der Waals surface area contributed by atoms with Crippen molar-refractivity contribution in [3.8, 4) is 0 Å². The first-order valence-electron chi connectivity index (χ1n) is 12.3. The van der Waals surface area contributed by atoms with Crippen LogP contribution in [0.4, 0.5) is 0 Å². The molecule has 0 N–H and O–H groups in total. The van der Waals surface area contributed by atoms with Crippen LogP contribution in [0.25, 0.3) is 50.5 Å². The van der Waals surface area contributed by atoms with Gasteiger partial charge < -0.3 is 9.31 Å². The highest BCUT2D eigenvalue weighted by molar-refractivity contribution is 6.62. The number of nitrogens with zero attached hydrogens (tertiary/aromatic N) is 2. The quantitative estimate of drug-likeness (QED) is 0.154. The molecule has 1 saturated heterocycles. The minimum Gasteiger partial charge on any atom is -0.404 e. The van der Waals surface area contributed by atoms with E-state index in [0.29, 0.717) is 6.61 Å². The first-order chi connectivity index (χ1) is 17.5. The number of pyridine rings is 1. The van der Waals surface area contributed by atoms with E-state index in [1.54, 1.807) is 0 Å². The molecule has 0 aliphatic carbocycles. The minimum absolute atomic E-state index is 0.292. The van der Waals surface area contributed by atoms with Crippen LogP contribution in [-0.4, -0.2) is 28.7 Å². The number of benzene rings is 3. The summed E-state index contributed by atoms with van der Waals surface area (Å²) in [5.41, 5.74) is 6.88. The van der Waals surface area contributed by atoms with Crippen LogP contribution in [0, 0.1) is 0 Å². The molecule has 0 radical (unpaired) electrons. The van der Waals surface area contributed by atoms with Crippen molar-refractivity contribution in [1.82, 2.24) is 9.38 Å². The largest absolute Gasteiger partial charge is 0.494 e. The molecule has 182 valence electrons. The van der Waals surface area contributed by atoms with Crippen LogP contribution in [-0.2, 0) is 9.31 Å². The molecule has 2 aromatic heterocycles. The highest BCUT2D eigenvalue weighted by Gasteiger charge is 2.38. The summed E-state index contributed by atoms with van der Waals surface area (Å²) in [5, 5.41) is 3.38. The maximum atomic E-state index is 6.15. The van der Waals surface area contributed by atoms with Crippen LogP contribution in [0.1, 0.15) is 38.8 Å². The molecule has 1 aliphatic rings. The second-order valence-corrected chi connectivity index (χ2v) is 8.99. The van der Waals surface area contributed by atoms with Crippen LogP contribution in [0.2, 0.25) is 0 Å². The average molecular weight is 476 g/mol. The summed E-state index contributed by atoms with van der Waals surface area (Å²) in [6, 6.07) is 19.1. The summed E-state index contributed by atoms with van der Waals surface area (Å²) in [4.78, 5) is 5.01. The van der Waals surface area contributed by atoms with Crippen molar-refractivity contribution >= 4 is 63.1 Å². The van der Waals surface area contributed by atoms with Gasteiger partial charge in [-0.15, -0.1) is 13.2 Å². The summed E-state index contributed by atoms with van der Waals surface area (Å²) in [7, 11) is -0.373. The Kier molecular flexibility index (Phi) is 7.16. The van der Waals surface area contributed by atoms with Crippen molar-refractivity contribution < 1.29 is 9.31 Å². The standard InChI is InChI=1S/C27H23BN2O2.C2H6.C2H4/c1-5-17-13-21-20-12-11-19(28-31-16-27(3,4)32-28)15-25(20)30-24-10-8-7-9-23(24)29-26(30)22(21)14-18(17)6-2;2*1-2/h5-15H,1-2,16H2,3-4H3;1-2H3;1-2H2. The fourth-order valence-electron chi connectivity index (χ4n) is 4.75. The molecule has 1 fully saturated rings. The number of para-hydroxylation sites is 2. The predicted octanol–water partition coefficient (Wildman–Crippen LogP) is 7.43.